The van der Waals surface area contributed by atoms with Crippen LogP contribution in [0, 0.1) is 0 Å². The number of methoxy groups -OCH3 is 1. The molecule has 0 saturated carbocycles. The van der Waals surface area contributed by atoms with Crippen LogP contribution in [0.5, 0.6) is 5.75 Å². The van der Waals surface area contributed by atoms with Crippen molar-refractivity contribution in [1.82, 2.24) is 0 Å². The molecule has 0 fully saturated rings. The zero-order valence-corrected chi connectivity index (χ0v) is 9.52. The number of rotatable bonds is 3. The van der Waals surface area contributed by atoms with Crippen molar-refractivity contribution in [1.29, 1.82) is 0 Å². The second-order valence-corrected chi connectivity index (χ2v) is 3.78. The van der Waals surface area contributed by atoms with E-state index in [1.807, 2.05) is 6.07 Å². The van der Waals surface area contributed by atoms with Crippen LogP contribution in [0.1, 0.15) is 5.56 Å². The maximum Gasteiger partial charge on any atom is 0.134 e. The maximum atomic E-state index is 8.79. The van der Waals surface area contributed by atoms with Gasteiger partial charge in [0, 0.05) is 11.6 Å². The fraction of sp³-hybridized carbons (Fsp3) is 0.333. The molecular formula is C9H10BrClO2. The van der Waals surface area contributed by atoms with Crippen LogP contribution < -0.4 is 4.74 Å². The first-order valence-corrected chi connectivity index (χ1v) is 4.99. The summed E-state index contributed by atoms with van der Waals surface area (Å²) in [6.45, 7) is 0.0993. The normalized spacial score (nSPS) is 10.2. The Kier molecular flexibility index (Phi) is 4.03. The quantitative estimate of drug-likeness (QED) is 0.910. The third kappa shape index (κ3) is 2.59. The highest BCUT2D eigenvalue weighted by Gasteiger charge is 2.07. The Hall–Kier alpha value is -0.250. The van der Waals surface area contributed by atoms with Gasteiger partial charge in [-0.05, 0) is 40.0 Å². The number of halogens is 2. The van der Waals surface area contributed by atoms with E-state index in [0.717, 1.165) is 10.0 Å². The molecule has 0 heterocycles. The topological polar surface area (TPSA) is 29.5 Å². The van der Waals surface area contributed by atoms with Crippen molar-refractivity contribution in [3.63, 3.8) is 0 Å². The molecule has 0 atom stereocenters. The van der Waals surface area contributed by atoms with Gasteiger partial charge < -0.3 is 9.84 Å². The van der Waals surface area contributed by atoms with Crippen molar-refractivity contribution < 1.29 is 9.84 Å². The number of benzene rings is 1. The lowest BCUT2D eigenvalue weighted by Gasteiger charge is -2.08. The van der Waals surface area contributed by atoms with Crippen LogP contribution in [-0.4, -0.2) is 18.8 Å². The van der Waals surface area contributed by atoms with Crippen molar-refractivity contribution in [3.8, 4) is 5.75 Å². The molecule has 4 heteroatoms. The van der Waals surface area contributed by atoms with E-state index in [4.69, 9.17) is 21.4 Å². The van der Waals surface area contributed by atoms with E-state index in [1.165, 1.54) is 0 Å². The van der Waals surface area contributed by atoms with Gasteiger partial charge in [0.25, 0.3) is 0 Å². The average Bonchev–Trinajstić information content (AvgIpc) is 2.11. The zero-order chi connectivity index (χ0) is 9.84. The molecule has 2 nitrogen and oxygen atoms in total. The third-order valence-corrected chi connectivity index (χ3v) is 2.80. The van der Waals surface area contributed by atoms with Crippen molar-refractivity contribution in [2.45, 2.75) is 6.42 Å². The zero-order valence-electron chi connectivity index (χ0n) is 7.18. The fourth-order valence-electron chi connectivity index (χ4n) is 1.07. The van der Waals surface area contributed by atoms with E-state index < -0.39 is 0 Å². The summed E-state index contributed by atoms with van der Waals surface area (Å²) < 4.78 is 5.95. The predicted molar refractivity (Wildman–Crippen MR) is 56.5 cm³/mol. The van der Waals surface area contributed by atoms with Crippen LogP contribution in [0.25, 0.3) is 0 Å². The molecule has 0 spiro atoms. The van der Waals surface area contributed by atoms with E-state index in [0.29, 0.717) is 17.2 Å². The maximum absolute atomic E-state index is 8.79. The van der Waals surface area contributed by atoms with Gasteiger partial charge >= 0.3 is 0 Å². The Labute approximate surface area is 90.6 Å². The Bertz CT molecular complexity index is 302. The van der Waals surface area contributed by atoms with Crippen LogP contribution >= 0.6 is 27.5 Å². The molecule has 0 radical (unpaired) electrons. The highest BCUT2D eigenvalue weighted by Crippen LogP contribution is 2.32. The summed E-state index contributed by atoms with van der Waals surface area (Å²) in [6.07, 6.45) is 0.567. The lowest BCUT2D eigenvalue weighted by atomic mass is 10.1. The first kappa shape index (κ1) is 10.8. The Morgan fingerprint density at radius 1 is 1.54 bits per heavy atom. The predicted octanol–water partition coefficient (Wildman–Crippen LogP) is 2.65. The second-order valence-electron chi connectivity index (χ2n) is 2.55. The van der Waals surface area contributed by atoms with Crippen molar-refractivity contribution in [2.24, 2.45) is 0 Å². The Morgan fingerprint density at radius 3 is 2.77 bits per heavy atom. The van der Waals surface area contributed by atoms with Gasteiger partial charge in [-0.1, -0.05) is 11.6 Å². The molecule has 1 aromatic carbocycles. The second kappa shape index (κ2) is 4.84. The highest BCUT2D eigenvalue weighted by molar-refractivity contribution is 9.10. The first-order chi connectivity index (χ1) is 6.19. The molecule has 0 saturated heterocycles. The minimum Gasteiger partial charge on any atom is -0.496 e. The number of ether oxygens (including phenoxy) is 1. The molecule has 1 aromatic rings. The molecule has 1 rings (SSSR count). The monoisotopic (exact) mass is 264 g/mol. The summed E-state index contributed by atoms with van der Waals surface area (Å²) in [4.78, 5) is 0. The summed E-state index contributed by atoms with van der Waals surface area (Å²) in [5.41, 5.74) is 0.951. The van der Waals surface area contributed by atoms with Crippen LogP contribution in [0.15, 0.2) is 16.6 Å². The molecule has 0 unspecified atom stereocenters. The number of hydrogen-bond acceptors (Lipinski definition) is 2. The van der Waals surface area contributed by atoms with Crippen molar-refractivity contribution >= 4 is 27.5 Å². The molecule has 0 aromatic heterocycles. The van der Waals surface area contributed by atoms with Crippen LogP contribution in [0.2, 0.25) is 5.02 Å². The first-order valence-electron chi connectivity index (χ1n) is 3.81. The number of aliphatic hydroxyl groups excluding tert-OH is 1. The van der Waals surface area contributed by atoms with Crippen LogP contribution in [-0.2, 0) is 6.42 Å². The fourth-order valence-corrected chi connectivity index (χ4v) is 1.89. The summed E-state index contributed by atoms with van der Waals surface area (Å²) in [7, 11) is 1.58. The lowest BCUT2D eigenvalue weighted by molar-refractivity contribution is 0.299. The lowest BCUT2D eigenvalue weighted by Crippen LogP contribution is -1.94. The molecule has 72 valence electrons. The molecule has 13 heavy (non-hydrogen) atoms. The highest BCUT2D eigenvalue weighted by atomic mass is 79.9. The van der Waals surface area contributed by atoms with Gasteiger partial charge in [-0.15, -0.1) is 0 Å². The van der Waals surface area contributed by atoms with Gasteiger partial charge in [0.15, 0.2) is 0 Å². The summed E-state index contributed by atoms with van der Waals surface area (Å²) >= 11 is 9.24. The number of hydrogen-bond donors (Lipinski definition) is 1. The smallest absolute Gasteiger partial charge is 0.134 e. The molecular weight excluding hydrogens is 255 g/mol. The van der Waals surface area contributed by atoms with E-state index in [2.05, 4.69) is 15.9 Å². The molecule has 0 aliphatic heterocycles. The Balaban J connectivity index is 3.11. The molecule has 0 bridgehead atoms. The largest absolute Gasteiger partial charge is 0.496 e. The Morgan fingerprint density at radius 2 is 2.23 bits per heavy atom. The number of aliphatic hydroxyl groups is 1. The minimum absolute atomic E-state index is 0.0993. The van der Waals surface area contributed by atoms with Gasteiger partial charge in [-0.3, -0.25) is 0 Å². The van der Waals surface area contributed by atoms with E-state index in [1.54, 1.807) is 13.2 Å². The standard InChI is InChI=1S/C9H10BrClO2/c1-13-8-5-7(11)4-6(2-3-12)9(8)10/h4-5,12H,2-3H2,1H3. The van der Waals surface area contributed by atoms with Crippen LogP contribution in [0.3, 0.4) is 0 Å². The van der Waals surface area contributed by atoms with Gasteiger partial charge in [0.05, 0.1) is 11.6 Å². The van der Waals surface area contributed by atoms with Gasteiger partial charge in [0.2, 0.25) is 0 Å². The van der Waals surface area contributed by atoms with Gasteiger partial charge in [0.1, 0.15) is 5.75 Å². The molecule has 1 N–H and O–H groups in total. The van der Waals surface area contributed by atoms with Crippen LogP contribution in [0.4, 0.5) is 0 Å². The summed E-state index contributed by atoms with van der Waals surface area (Å²) in [6, 6.07) is 3.54. The third-order valence-electron chi connectivity index (χ3n) is 1.68. The molecule has 0 aliphatic carbocycles. The van der Waals surface area contributed by atoms with E-state index >= 15 is 0 Å². The summed E-state index contributed by atoms with van der Waals surface area (Å²) in [5, 5.41) is 9.41. The van der Waals surface area contributed by atoms with Crippen molar-refractivity contribution in [3.05, 3.63) is 27.2 Å². The average molecular weight is 266 g/mol. The molecule has 0 amide bonds. The SMILES string of the molecule is COc1cc(Cl)cc(CCO)c1Br. The van der Waals surface area contributed by atoms with Gasteiger partial charge in [-0.2, -0.15) is 0 Å². The summed E-state index contributed by atoms with van der Waals surface area (Å²) in [5.74, 6) is 0.691. The van der Waals surface area contributed by atoms with E-state index in [-0.39, 0.29) is 6.61 Å². The van der Waals surface area contributed by atoms with Crippen molar-refractivity contribution in [2.75, 3.05) is 13.7 Å². The minimum atomic E-state index is 0.0993. The van der Waals surface area contributed by atoms with E-state index in [9.17, 15) is 0 Å². The van der Waals surface area contributed by atoms with Gasteiger partial charge in [-0.25, -0.2) is 0 Å². The molecule has 0 aliphatic rings.